The highest BCUT2D eigenvalue weighted by atomic mass is 16.2. The molecular formula is C21H27N5O2. The molecule has 28 heavy (non-hydrogen) atoms. The molecule has 2 amide bonds. The van der Waals surface area contributed by atoms with Crippen molar-refractivity contribution >= 4 is 17.6 Å². The highest BCUT2D eigenvalue weighted by Crippen LogP contribution is 2.14. The summed E-state index contributed by atoms with van der Waals surface area (Å²) in [5, 5.41) is 0. The first-order valence-electron chi connectivity index (χ1n) is 9.78. The van der Waals surface area contributed by atoms with Crippen LogP contribution in [0.4, 0.5) is 5.82 Å². The Morgan fingerprint density at radius 2 is 1.79 bits per heavy atom. The molecule has 1 aliphatic rings. The summed E-state index contributed by atoms with van der Waals surface area (Å²) in [5.41, 5.74) is 0.637. The molecule has 148 valence electrons. The van der Waals surface area contributed by atoms with E-state index in [1.165, 1.54) is 0 Å². The van der Waals surface area contributed by atoms with Crippen LogP contribution in [-0.4, -0.2) is 71.4 Å². The van der Waals surface area contributed by atoms with Gasteiger partial charge in [0.05, 0.1) is 0 Å². The van der Waals surface area contributed by atoms with Crippen LogP contribution in [0, 0.1) is 0 Å². The molecule has 0 spiro atoms. The molecule has 3 heterocycles. The van der Waals surface area contributed by atoms with E-state index in [2.05, 4.69) is 21.8 Å². The average Bonchev–Trinajstić information content (AvgIpc) is 2.77. The van der Waals surface area contributed by atoms with Gasteiger partial charge in [0.2, 0.25) is 0 Å². The van der Waals surface area contributed by atoms with Crippen molar-refractivity contribution in [1.29, 1.82) is 0 Å². The Morgan fingerprint density at radius 1 is 1.04 bits per heavy atom. The summed E-state index contributed by atoms with van der Waals surface area (Å²) in [4.78, 5) is 39.7. The summed E-state index contributed by atoms with van der Waals surface area (Å²) in [6.45, 7) is 5.42. The normalized spacial score (nSPS) is 14.1. The van der Waals surface area contributed by atoms with Crippen molar-refractivity contribution in [3.8, 4) is 0 Å². The van der Waals surface area contributed by atoms with Crippen molar-refractivity contribution in [3.63, 3.8) is 0 Å². The Balaban J connectivity index is 1.63. The maximum Gasteiger partial charge on any atom is 0.272 e. The zero-order valence-corrected chi connectivity index (χ0v) is 16.5. The van der Waals surface area contributed by atoms with Gasteiger partial charge in [0, 0.05) is 46.0 Å². The number of hydrogen-bond donors (Lipinski definition) is 0. The topological polar surface area (TPSA) is 69.6 Å². The number of carbonyl (C=O) groups excluding carboxylic acids is 2. The number of carbonyl (C=O) groups is 2. The van der Waals surface area contributed by atoms with Gasteiger partial charge in [-0.2, -0.15) is 0 Å². The lowest BCUT2D eigenvalue weighted by atomic mass is 10.2. The first-order valence-corrected chi connectivity index (χ1v) is 9.78. The van der Waals surface area contributed by atoms with E-state index in [1.807, 2.05) is 18.2 Å². The van der Waals surface area contributed by atoms with E-state index in [9.17, 15) is 9.59 Å². The Morgan fingerprint density at radius 3 is 2.46 bits per heavy atom. The monoisotopic (exact) mass is 381 g/mol. The number of piperazine rings is 1. The molecule has 1 aliphatic heterocycles. The summed E-state index contributed by atoms with van der Waals surface area (Å²) in [6.07, 6.45) is 3.74. The average molecular weight is 381 g/mol. The molecule has 0 unspecified atom stereocenters. The highest BCUT2D eigenvalue weighted by molar-refractivity contribution is 5.96. The maximum atomic E-state index is 12.9. The van der Waals surface area contributed by atoms with E-state index in [-0.39, 0.29) is 11.8 Å². The number of pyridine rings is 2. The van der Waals surface area contributed by atoms with Crippen molar-refractivity contribution in [2.45, 2.75) is 19.8 Å². The molecule has 2 aromatic rings. The smallest absolute Gasteiger partial charge is 0.272 e. The molecule has 0 aliphatic carbocycles. The maximum absolute atomic E-state index is 12.9. The predicted octanol–water partition coefficient (Wildman–Crippen LogP) is 2.31. The third-order valence-corrected chi connectivity index (χ3v) is 4.92. The molecule has 0 saturated carbocycles. The lowest BCUT2D eigenvalue weighted by Crippen LogP contribution is -2.49. The van der Waals surface area contributed by atoms with Crippen LogP contribution in [0.15, 0.2) is 42.6 Å². The molecule has 3 rings (SSSR count). The second-order valence-corrected chi connectivity index (χ2v) is 6.96. The van der Waals surface area contributed by atoms with E-state index < -0.39 is 0 Å². The van der Waals surface area contributed by atoms with Crippen molar-refractivity contribution in [2.75, 3.05) is 44.7 Å². The van der Waals surface area contributed by atoms with Crippen LogP contribution in [0.3, 0.4) is 0 Å². The zero-order chi connectivity index (χ0) is 19.9. The minimum Gasteiger partial charge on any atom is -0.353 e. The van der Waals surface area contributed by atoms with Crippen LogP contribution in [-0.2, 0) is 0 Å². The molecule has 7 nitrogen and oxygen atoms in total. The first kappa shape index (κ1) is 19.8. The van der Waals surface area contributed by atoms with Crippen LogP contribution < -0.4 is 4.90 Å². The van der Waals surface area contributed by atoms with Crippen LogP contribution >= 0.6 is 0 Å². The molecule has 0 bridgehead atoms. The van der Waals surface area contributed by atoms with Crippen molar-refractivity contribution < 1.29 is 9.59 Å². The molecule has 1 saturated heterocycles. The number of aromatic nitrogens is 2. The second-order valence-electron chi connectivity index (χ2n) is 6.96. The second kappa shape index (κ2) is 9.30. The fraction of sp³-hybridized carbons (Fsp3) is 0.429. The quantitative estimate of drug-likeness (QED) is 0.768. The fourth-order valence-electron chi connectivity index (χ4n) is 3.21. The van der Waals surface area contributed by atoms with Crippen molar-refractivity contribution in [2.24, 2.45) is 0 Å². The largest absolute Gasteiger partial charge is 0.353 e. The van der Waals surface area contributed by atoms with E-state index in [4.69, 9.17) is 0 Å². The van der Waals surface area contributed by atoms with Crippen LogP contribution in [0.1, 0.15) is 40.7 Å². The van der Waals surface area contributed by atoms with Crippen LogP contribution in [0.25, 0.3) is 0 Å². The summed E-state index contributed by atoms with van der Waals surface area (Å²) >= 11 is 0. The van der Waals surface area contributed by atoms with E-state index in [0.717, 1.165) is 31.7 Å². The van der Waals surface area contributed by atoms with E-state index in [0.29, 0.717) is 31.0 Å². The minimum absolute atomic E-state index is 0.133. The van der Waals surface area contributed by atoms with Gasteiger partial charge in [-0.15, -0.1) is 0 Å². The molecule has 7 heteroatoms. The summed E-state index contributed by atoms with van der Waals surface area (Å²) in [6, 6.07) is 10.9. The Kier molecular flexibility index (Phi) is 6.57. The number of amides is 2. The summed E-state index contributed by atoms with van der Waals surface area (Å²) < 4.78 is 0. The third-order valence-electron chi connectivity index (χ3n) is 4.92. The molecule has 0 N–H and O–H groups in total. The number of hydrogen-bond acceptors (Lipinski definition) is 5. The van der Waals surface area contributed by atoms with Crippen molar-refractivity contribution in [1.82, 2.24) is 19.8 Å². The standard InChI is InChI=1S/C21H27N5O2/c1-3-4-12-24(2)20(27)17-8-7-9-18(23-17)21(28)26-15-13-25(14-16-26)19-10-5-6-11-22-19/h5-11H,3-4,12-16H2,1-2H3. The lowest BCUT2D eigenvalue weighted by molar-refractivity contribution is 0.0739. The van der Waals surface area contributed by atoms with Gasteiger partial charge in [-0.1, -0.05) is 25.5 Å². The van der Waals surface area contributed by atoms with Gasteiger partial charge >= 0.3 is 0 Å². The van der Waals surface area contributed by atoms with Crippen LogP contribution in [0.5, 0.6) is 0 Å². The minimum atomic E-state index is -0.150. The summed E-state index contributed by atoms with van der Waals surface area (Å²) in [7, 11) is 1.77. The Bertz CT molecular complexity index is 803. The number of nitrogens with zero attached hydrogens (tertiary/aromatic N) is 5. The Labute approximate surface area is 166 Å². The first-order chi connectivity index (χ1) is 13.6. The van der Waals surface area contributed by atoms with E-state index >= 15 is 0 Å². The molecular weight excluding hydrogens is 354 g/mol. The summed E-state index contributed by atoms with van der Waals surface area (Å²) in [5.74, 6) is 0.644. The molecule has 0 atom stereocenters. The predicted molar refractivity (Wildman–Crippen MR) is 108 cm³/mol. The van der Waals surface area contributed by atoms with Gasteiger partial charge < -0.3 is 14.7 Å². The third kappa shape index (κ3) is 4.65. The molecule has 2 aromatic heterocycles. The number of unbranched alkanes of at least 4 members (excludes halogenated alkanes) is 1. The van der Waals surface area contributed by atoms with Gasteiger partial charge in [0.1, 0.15) is 17.2 Å². The fourth-order valence-corrected chi connectivity index (χ4v) is 3.21. The Hall–Kier alpha value is -2.96. The molecule has 0 aromatic carbocycles. The SMILES string of the molecule is CCCCN(C)C(=O)c1cccc(C(=O)N2CCN(c3ccccn3)CC2)n1. The number of rotatable bonds is 6. The van der Waals surface area contributed by atoms with Gasteiger partial charge in [0.25, 0.3) is 11.8 Å². The molecule has 0 radical (unpaired) electrons. The van der Waals surface area contributed by atoms with Gasteiger partial charge in [-0.3, -0.25) is 9.59 Å². The van der Waals surface area contributed by atoms with Gasteiger partial charge in [0.15, 0.2) is 0 Å². The van der Waals surface area contributed by atoms with E-state index in [1.54, 1.807) is 41.2 Å². The van der Waals surface area contributed by atoms with Crippen LogP contribution in [0.2, 0.25) is 0 Å². The van der Waals surface area contributed by atoms with Crippen molar-refractivity contribution in [3.05, 3.63) is 54.0 Å². The lowest BCUT2D eigenvalue weighted by Gasteiger charge is -2.35. The highest BCUT2D eigenvalue weighted by Gasteiger charge is 2.24. The number of anilines is 1. The van der Waals surface area contributed by atoms with Gasteiger partial charge in [-0.05, 0) is 30.7 Å². The zero-order valence-electron chi connectivity index (χ0n) is 16.5. The van der Waals surface area contributed by atoms with Gasteiger partial charge in [-0.25, -0.2) is 9.97 Å². The molecule has 1 fully saturated rings.